The molecule has 2 aromatic heterocycles. The summed E-state index contributed by atoms with van der Waals surface area (Å²) in [5, 5.41) is 8.60. The van der Waals surface area contributed by atoms with Gasteiger partial charge in [0, 0.05) is 43.8 Å². The Labute approximate surface area is 137 Å². The Morgan fingerprint density at radius 1 is 1.00 bits per heavy atom. The van der Waals surface area contributed by atoms with Crippen LogP contribution in [0.1, 0.15) is 23.6 Å². The molecule has 0 aliphatic heterocycles. The van der Waals surface area contributed by atoms with E-state index in [-0.39, 0.29) is 0 Å². The molecule has 0 aliphatic rings. The van der Waals surface area contributed by atoms with E-state index in [1.165, 1.54) is 16.7 Å². The van der Waals surface area contributed by atoms with Crippen LogP contribution in [-0.2, 0) is 26.2 Å². The first kappa shape index (κ1) is 15.5. The van der Waals surface area contributed by atoms with Crippen molar-refractivity contribution in [2.45, 2.75) is 33.1 Å². The summed E-state index contributed by atoms with van der Waals surface area (Å²) >= 11 is 0. The summed E-state index contributed by atoms with van der Waals surface area (Å²) in [6, 6.07) is 10.7. The molecule has 5 nitrogen and oxygen atoms in total. The molecule has 0 fully saturated rings. The normalized spacial score (nSPS) is 11.3. The Hall–Kier alpha value is -2.40. The zero-order valence-corrected chi connectivity index (χ0v) is 13.8. The number of hydrogen-bond donors (Lipinski definition) is 0. The molecule has 0 radical (unpaired) electrons. The van der Waals surface area contributed by atoms with Crippen LogP contribution in [0.3, 0.4) is 0 Å². The standard InChI is InChI=1S/C18H23N5/c1-3-22-15-18(11-20-22)13-21(2)12-16-6-4-7-17(10-16)14-23-9-5-8-19-23/h4-11,15H,3,12-14H2,1-2H3. The minimum atomic E-state index is 0.813. The molecule has 5 heteroatoms. The topological polar surface area (TPSA) is 38.9 Å². The Morgan fingerprint density at radius 3 is 2.57 bits per heavy atom. The Kier molecular flexibility index (Phi) is 4.88. The van der Waals surface area contributed by atoms with Crippen LogP contribution < -0.4 is 0 Å². The zero-order chi connectivity index (χ0) is 16.1. The third-order valence-corrected chi connectivity index (χ3v) is 3.81. The number of aryl methyl sites for hydroxylation is 1. The van der Waals surface area contributed by atoms with Crippen molar-refractivity contribution in [3.05, 3.63) is 71.8 Å². The van der Waals surface area contributed by atoms with E-state index in [1.54, 1.807) is 0 Å². The van der Waals surface area contributed by atoms with Crippen LogP contribution in [0.25, 0.3) is 0 Å². The quantitative estimate of drug-likeness (QED) is 0.673. The van der Waals surface area contributed by atoms with Crippen LogP contribution in [0.15, 0.2) is 55.1 Å². The highest BCUT2D eigenvalue weighted by atomic mass is 15.3. The highest BCUT2D eigenvalue weighted by Crippen LogP contribution is 2.11. The van der Waals surface area contributed by atoms with Crippen molar-refractivity contribution in [3.8, 4) is 0 Å². The minimum Gasteiger partial charge on any atom is -0.298 e. The molecular weight excluding hydrogens is 286 g/mol. The summed E-state index contributed by atoms with van der Waals surface area (Å²) in [7, 11) is 2.14. The van der Waals surface area contributed by atoms with Crippen molar-refractivity contribution in [1.29, 1.82) is 0 Å². The molecule has 0 amide bonds. The summed E-state index contributed by atoms with van der Waals surface area (Å²) in [6.45, 7) is 5.66. The van der Waals surface area contributed by atoms with Gasteiger partial charge in [0.2, 0.25) is 0 Å². The molecular formula is C18H23N5. The molecule has 3 rings (SSSR count). The van der Waals surface area contributed by atoms with Gasteiger partial charge >= 0.3 is 0 Å². The predicted octanol–water partition coefficient (Wildman–Crippen LogP) is 2.78. The smallest absolute Gasteiger partial charge is 0.0659 e. The highest BCUT2D eigenvalue weighted by Gasteiger charge is 2.05. The monoisotopic (exact) mass is 309 g/mol. The summed E-state index contributed by atoms with van der Waals surface area (Å²) in [4.78, 5) is 2.31. The Bertz CT molecular complexity index is 729. The lowest BCUT2D eigenvalue weighted by atomic mass is 10.1. The predicted molar refractivity (Wildman–Crippen MR) is 90.8 cm³/mol. The van der Waals surface area contributed by atoms with E-state index in [0.717, 1.165) is 26.2 Å². The number of nitrogens with zero attached hydrogens (tertiary/aromatic N) is 5. The van der Waals surface area contributed by atoms with Gasteiger partial charge in [0.15, 0.2) is 0 Å². The summed E-state index contributed by atoms with van der Waals surface area (Å²) in [6.07, 6.45) is 7.87. The van der Waals surface area contributed by atoms with Crippen molar-refractivity contribution < 1.29 is 0 Å². The van der Waals surface area contributed by atoms with Crippen molar-refractivity contribution in [2.75, 3.05) is 7.05 Å². The number of aromatic nitrogens is 4. The molecule has 0 bridgehead atoms. The lowest BCUT2D eigenvalue weighted by Crippen LogP contribution is -2.17. The third kappa shape index (κ3) is 4.29. The second kappa shape index (κ2) is 7.24. The molecule has 120 valence electrons. The molecule has 0 aliphatic carbocycles. The van der Waals surface area contributed by atoms with E-state index >= 15 is 0 Å². The fourth-order valence-corrected chi connectivity index (χ4v) is 2.75. The van der Waals surface area contributed by atoms with Crippen LogP contribution in [0, 0.1) is 0 Å². The maximum absolute atomic E-state index is 4.33. The van der Waals surface area contributed by atoms with Crippen LogP contribution >= 0.6 is 0 Å². The van der Waals surface area contributed by atoms with Gasteiger partial charge in [-0.25, -0.2) is 0 Å². The van der Waals surface area contributed by atoms with E-state index < -0.39 is 0 Å². The minimum absolute atomic E-state index is 0.813. The lowest BCUT2D eigenvalue weighted by Gasteiger charge is -2.16. The van der Waals surface area contributed by atoms with Crippen LogP contribution in [0.2, 0.25) is 0 Å². The summed E-state index contributed by atoms with van der Waals surface area (Å²) in [5.74, 6) is 0. The average Bonchev–Trinajstić information content (AvgIpc) is 3.19. The van der Waals surface area contributed by atoms with Crippen molar-refractivity contribution in [2.24, 2.45) is 0 Å². The number of benzene rings is 1. The first-order chi connectivity index (χ1) is 11.2. The zero-order valence-electron chi connectivity index (χ0n) is 13.8. The lowest BCUT2D eigenvalue weighted by molar-refractivity contribution is 0.319. The Morgan fingerprint density at radius 2 is 1.83 bits per heavy atom. The molecule has 0 unspecified atom stereocenters. The van der Waals surface area contributed by atoms with Gasteiger partial charge in [-0.05, 0) is 31.2 Å². The molecule has 2 heterocycles. The Balaban J connectivity index is 1.60. The fraction of sp³-hybridized carbons (Fsp3) is 0.333. The SMILES string of the molecule is CCn1cc(CN(C)Cc2cccc(Cn3cccn3)c2)cn1. The van der Waals surface area contributed by atoms with E-state index in [4.69, 9.17) is 0 Å². The van der Waals surface area contributed by atoms with Gasteiger partial charge in [-0.15, -0.1) is 0 Å². The second-order valence-electron chi connectivity index (χ2n) is 5.90. The van der Waals surface area contributed by atoms with Crippen LogP contribution in [0.4, 0.5) is 0 Å². The van der Waals surface area contributed by atoms with E-state index in [1.807, 2.05) is 34.0 Å². The van der Waals surface area contributed by atoms with E-state index in [9.17, 15) is 0 Å². The highest BCUT2D eigenvalue weighted by molar-refractivity contribution is 5.23. The molecule has 0 saturated carbocycles. The second-order valence-corrected chi connectivity index (χ2v) is 5.90. The summed E-state index contributed by atoms with van der Waals surface area (Å²) < 4.78 is 3.91. The summed E-state index contributed by atoms with van der Waals surface area (Å²) in [5.41, 5.74) is 3.85. The first-order valence-electron chi connectivity index (χ1n) is 7.98. The van der Waals surface area contributed by atoms with Gasteiger partial charge < -0.3 is 0 Å². The first-order valence-corrected chi connectivity index (χ1v) is 7.98. The molecule has 23 heavy (non-hydrogen) atoms. The third-order valence-electron chi connectivity index (χ3n) is 3.81. The average molecular weight is 309 g/mol. The van der Waals surface area contributed by atoms with Gasteiger partial charge in [0.1, 0.15) is 0 Å². The fourth-order valence-electron chi connectivity index (χ4n) is 2.75. The maximum Gasteiger partial charge on any atom is 0.0659 e. The molecule has 1 aromatic carbocycles. The number of rotatable bonds is 7. The molecule has 3 aromatic rings. The van der Waals surface area contributed by atoms with Gasteiger partial charge in [-0.2, -0.15) is 10.2 Å². The maximum atomic E-state index is 4.33. The van der Waals surface area contributed by atoms with Crippen molar-refractivity contribution in [3.63, 3.8) is 0 Å². The molecule has 0 N–H and O–H groups in total. The van der Waals surface area contributed by atoms with E-state index in [0.29, 0.717) is 0 Å². The number of hydrogen-bond acceptors (Lipinski definition) is 3. The largest absolute Gasteiger partial charge is 0.298 e. The van der Waals surface area contributed by atoms with E-state index in [2.05, 4.69) is 59.5 Å². The van der Waals surface area contributed by atoms with Crippen LogP contribution in [-0.4, -0.2) is 31.5 Å². The molecule has 0 spiro atoms. The molecule has 0 saturated heterocycles. The van der Waals surface area contributed by atoms with Crippen molar-refractivity contribution >= 4 is 0 Å². The van der Waals surface area contributed by atoms with Gasteiger partial charge in [0.05, 0.1) is 12.7 Å². The van der Waals surface area contributed by atoms with Gasteiger partial charge in [-0.1, -0.05) is 24.3 Å². The van der Waals surface area contributed by atoms with Crippen molar-refractivity contribution in [1.82, 2.24) is 24.5 Å². The van der Waals surface area contributed by atoms with Gasteiger partial charge in [-0.3, -0.25) is 14.3 Å². The van der Waals surface area contributed by atoms with Gasteiger partial charge in [0.25, 0.3) is 0 Å². The van der Waals surface area contributed by atoms with Crippen LogP contribution in [0.5, 0.6) is 0 Å². The molecule has 0 atom stereocenters.